The second-order valence-electron chi connectivity index (χ2n) is 6.89. The van der Waals surface area contributed by atoms with Crippen LogP contribution in [0.4, 0.5) is 14.5 Å². The molecule has 1 saturated heterocycles. The average molecular weight is 444 g/mol. The van der Waals surface area contributed by atoms with E-state index in [-0.39, 0.29) is 29.4 Å². The van der Waals surface area contributed by atoms with Crippen LogP contribution in [0.15, 0.2) is 48.5 Å². The zero-order valence-corrected chi connectivity index (χ0v) is 17.1. The second-order valence-corrected chi connectivity index (χ2v) is 7.90. The van der Waals surface area contributed by atoms with Gasteiger partial charge in [-0.1, -0.05) is 11.3 Å². The molecule has 2 heterocycles. The van der Waals surface area contributed by atoms with Gasteiger partial charge < -0.3 is 15.0 Å². The van der Waals surface area contributed by atoms with Crippen LogP contribution in [-0.2, 0) is 4.79 Å². The van der Waals surface area contributed by atoms with E-state index in [0.717, 1.165) is 17.8 Å². The van der Waals surface area contributed by atoms with Crippen molar-refractivity contribution in [3.05, 3.63) is 70.2 Å². The average Bonchev–Trinajstić information content (AvgIpc) is 3.44. The Morgan fingerprint density at radius 2 is 1.74 bits per heavy atom. The van der Waals surface area contributed by atoms with E-state index in [1.54, 1.807) is 4.90 Å². The number of nitrogens with one attached hydrogen (secondary N) is 1. The molecule has 31 heavy (non-hydrogen) atoms. The van der Waals surface area contributed by atoms with Crippen LogP contribution >= 0.6 is 11.3 Å². The molecular formula is C21H18F2N4O3S. The Bertz CT molecular complexity index is 1070. The molecule has 0 bridgehead atoms. The number of benzene rings is 2. The molecule has 1 unspecified atom stereocenters. The summed E-state index contributed by atoms with van der Waals surface area (Å²) in [6.07, 6.45) is 1.50. The van der Waals surface area contributed by atoms with Crippen LogP contribution in [0.5, 0.6) is 5.75 Å². The zero-order chi connectivity index (χ0) is 21.8. The van der Waals surface area contributed by atoms with Crippen molar-refractivity contribution in [2.45, 2.75) is 18.9 Å². The maximum absolute atomic E-state index is 13.0. The van der Waals surface area contributed by atoms with Crippen molar-refractivity contribution in [1.29, 1.82) is 0 Å². The summed E-state index contributed by atoms with van der Waals surface area (Å²) in [5, 5.41) is 11.4. The minimum atomic E-state index is -0.453. The SMILES string of the molecule is O=C(Nc1ccc(F)cc1)c1nnc(C2CCCN2C(=O)COc2ccc(F)cc2)s1. The Balaban J connectivity index is 1.38. The van der Waals surface area contributed by atoms with Crippen LogP contribution in [0.3, 0.4) is 0 Å². The summed E-state index contributed by atoms with van der Waals surface area (Å²) in [6.45, 7) is 0.367. The highest BCUT2D eigenvalue weighted by molar-refractivity contribution is 7.13. The first-order chi connectivity index (χ1) is 15.0. The number of amides is 2. The molecule has 10 heteroatoms. The third kappa shape index (κ3) is 5.02. The van der Waals surface area contributed by atoms with Gasteiger partial charge in [0.25, 0.3) is 11.8 Å². The van der Waals surface area contributed by atoms with Crippen molar-refractivity contribution in [1.82, 2.24) is 15.1 Å². The van der Waals surface area contributed by atoms with Crippen molar-refractivity contribution in [3.8, 4) is 5.75 Å². The summed E-state index contributed by atoms with van der Waals surface area (Å²) in [5.74, 6) is -1.05. The van der Waals surface area contributed by atoms with Gasteiger partial charge in [0.05, 0.1) is 6.04 Å². The topological polar surface area (TPSA) is 84.4 Å². The molecule has 1 atom stereocenters. The van der Waals surface area contributed by atoms with Gasteiger partial charge in [0.1, 0.15) is 22.4 Å². The monoisotopic (exact) mass is 444 g/mol. The first-order valence-corrected chi connectivity index (χ1v) is 10.4. The molecule has 1 aromatic heterocycles. The fourth-order valence-electron chi connectivity index (χ4n) is 3.26. The van der Waals surface area contributed by atoms with Crippen LogP contribution in [0, 0.1) is 11.6 Å². The fraction of sp³-hybridized carbons (Fsp3) is 0.238. The molecule has 160 valence electrons. The first-order valence-electron chi connectivity index (χ1n) is 9.58. The molecule has 2 amide bonds. The lowest BCUT2D eigenvalue weighted by molar-refractivity contribution is -0.134. The van der Waals surface area contributed by atoms with Gasteiger partial charge in [-0.25, -0.2) is 8.78 Å². The minimum absolute atomic E-state index is 0.154. The maximum Gasteiger partial charge on any atom is 0.286 e. The van der Waals surface area contributed by atoms with Crippen LogP contribution < -0.4 is 10.1 Å². The molecule has 4 rings (SSSR count). The van der Waals surface area contributed by atoms with E-state index in [1.165, 1.54) is 48.5 Å². The van der Waals surface area contributed by atoms with Crippen LogP contribution in [0.25, 0.3) is 0 Å². The van der Waals surface area contributed by atoms with E-state index >= 15 is 0 Å². The normalized spacial score (nSPS) is 15.7. The number of halogens is 2. The Kier molecular flexibility index (Phi) is 6.17. The lowest BCUT2D eigenvalue weighted by Crippen LogP contribution is -2.34. The van der Waals surface area contributed by atoms with Gasteiger partial charge in [0.2, 0.25) is 5.01 Å². The minimum Gasteiger partial charge on any atom is -0.484 e. The van der Waals surface area contributed by atoms with Crippen LogP contribution in [0.2, 0.25) is 0 Å². The Morgan fingerprint density at radius 1 is 1.06 bits per heavy atom. The number of likely N-dealkylation sites (tertiary alicyclic amines) is 1. The molecule has 2 aromatic carbocycles. The number of carbonyl (C=O) groups is 2. The standard InChI is InChI=1S/C21H18F2N4O3S/c22-13-3-7-15(8-4-13)24-19(29)21-26-25-20(31-21)17-2-1-11-27(17)18(28)12-30-16-9-5-14(23)6-10-16/h3-10,17H,1-2,11-12H2,(H,24,29). The predicted octanol–water partition coefficient (Wildman–Crippen LogP) is 3.81. The number of rotatable bonds is 6. The molecule has 0 radical (unpaired) electrons. The fourth-order valence-corrected chi connectivity index (χ4v) is 4.15. The smallest absolute Gasteiger partial charge is 0.286 e. The zero-order valence-electron chi connectivity index (χ0n) is 16.3. The van der Waals surface area contributed by atoms with Crippen LogP contribution in [-0.4, -0.2) is 40.1 Å². The number of nitrogens with zero attached hydrogens (tertiary/aromatic N) is 3. The molecule has 1 N–H and O–H groups in total. The number of ether oxygens (including phenoxy) is 1. The van der Waals surface area contributed by atoms with E-state index in [0.29, 0.717) is 29.4 Å². The van der Waals surface area contributed by atoms with Crippen molar-refractivity contribution in [3.63, 3.8) is 0 Å². The molecule has 1 aliphatic heterocycles. The Labute approximate surface area is 180 Å². The number of carbonyl (C=O) groups excluding carboxylic acids is 2. The first kappa shape index (κ1) is 20.9. The van der Waals surface area contributed by atoms with Gasteiger partial charge in [-0.05, 0) is 61.4 Å². The molecule has 1 fully saturated rings. The van der Waals surface area contributed by atoms with E-state index in [2.05, 4.69) is 15.5 Å². The van der Waals surface area contributed by atoms with Gasteiger partial charge in [-0.15, -0.1) is 10.2 Å². The highest BCUT2D eigenvalue weighted by atomic mass is 32.1. The highest BCUT2D eigenvalue weighted by Gasteiger charge is 2.33. The third-order valence-corrected chi connectivity index (χ3v) is 5.79. The number of hydrogen-bond donors (Lipinski definition) is 1. The van der Waals surface area contributed by atoms with Gasteiger partial charge >= 0.3 is 0 Å². The van der Waals surface area contributed by atoms with E-state index in [4.69, 9.17) is 4.74 Å². The molecule has 0 saturated carbocycles. The lowest BCUT2D eigenvalue weighted by atomic mass is 10.2. The summed E-state index contributed by atoms with van der Waals surface area (Å²) in [6, 6.07) is 10.6. The largest absolute Gasteiger partial charge is 0.484 e. The molecule has 0 aliphatic carbocycles. The Morgan fingerprint density at radius 3 is 2.45 bits per heavy atom. The number of aromatic nitrogens is 2. The summed E-state index contributed by atoms with van der Waals surface area (Å²) in [4.78, 5) is 26.7. The van der Waals surface area contributed by atoms with Gasteiger partial charge in [0.15, 0.2) is 6.61 Å². The highest BCUT2D eigenvalue weighted by Crippen LogP contribution is 2.34. The van der Waals surface area contributed by atoms with Gasteiger partial charge in [-0.3, -0.25) is 9.59 Å². The number of hydrogen-bond acceptors (Lipinski definition) is 6. The predicted molar refractivity (Wildman–Crippen MR) is 110 cm³/mol. The van der Waals surface area contributed by atoms with E-state index < -0.39 is 11.7 Å². The van der Waals surface area contributed by atoms with Crippen molar-refractivity contribution >= 4 is 28.8 Å². The van der Waals surface area contributed by atoms with Crippen molar-refractivity contribution < 1.29 is 23.1 Å². The van der Waals surface area contributed by atoms with Crippen molar-refractivity contribution in [2.24, 2.45) is 0 Å². The molecule has 1 aliphatic rings. The van der Waals surface area contributed by atoms with E-state index in [1.807, 2.05) is 0 Å². The van der Waals surface area contributed by atoms with E-state index in [9.17, 15) is 18.4 Å². The van der Waals surface area contributed by atoms with Crippen LogP contribution in [0.1, 0.15) is 33.7 Å². The summed E-state index contributed by atoms with van der Waals surface area (Å²) in [7, 11) is 0. The maximum atomic E-state index is 13.0. The second kappa shape index (κ2) is 9.17. The molecule has 7 nitrogen and oxygen atoms in total. The third-order valence-electron chi connectivity index (χ3n) is 4.77. The Hall–Kier alpha value is -3.40. The lowest BCUT2D eigenvalue weighted by Gasteiger charge is -2.22. The summed E-state index contributed by atoms with van der Waals surface area (Å²) >= 11 is 1.11. The summed E-state index contributed by atoms with van der Waals surface area (Å²) in [5.41, 5.74) is 0.443. The quantitative estimate of drug-likeness (QED) is 0.625. The summed E-state index contributed by atoms with van der Waals surface area (Å²) < 4.78 is 31.4. The molecule has 3 aromatic rings. The molecular weight excluding hydrogens is 426 g/mol. The number of anilines is 1. The van der Waals surface area contributed by atoms with Gasteiger partial charge in [-0.2, -0.15) is 0 Å². The van der Waals surface area contributed by atoms with Gasteiger partial charge in [0, 0.05) is 12.2 Å². The molecule has 0 spiro atoms. The van der Waals surface area contributed by atoms with Crippen molar-refractivity contribution in [2.75, 3.05) is 18.5 Å².